The van der Waals surface area contributed by atoms with Crippen LogP contribution in [0.4, 0.5) is 0 Å². The van der Waals surface area contributed by atoms with E-state index in [0.29, 0.717) is 17.7 Å². The highest BCUT2D eigenvalue weighted by molar-refractivity contribution is 7.86. The van der Waals surface area contributed by atoms with Crippen LogP contribution in [-0.2, 0) is 10.8 Å². The quantitative estimate of drug-likeness (QED) is 0.764. The van der Waals surface area contributed by atoms with Crippen LogP contribution in [0.1, 0.15) is 23.7 Å². The molecule has 0 radical (unpaired) electrons. The lowest BCUT2D eigenvalue weighted by Crippen LogP contribution is -2.24. The van der Waals surface area contributed by atoms with Gasteiger partial charge in [0.2, 0.25) is 0 Å². The van der Waals surface area contributed by atoms with Crippen molar-refractivity contribution in [3.8, 4) is 0 Å². The highest BCUT2D eigenvalue weighted by atomic mass is 32.2. The summed E-state index contributed by atoms with van der Waals surface area (Å²) in [5.41, 5.74) is 0.590. The lowest BCUT2D eigenvalue weighted by Gasteiger charge is -2.09. The van der Waals surface area contributed by atoms with Crippen LogP contribution in [0.5, 0.6) is 0 Å². The van der Waals surface area contributed by atoms with E-state index >= 15 is 0 Å². The van der Waals surface area contributed by atoms with Crippen LogP contribution in [0.15, 0.2) is 30.3 Å². The average molecular weight is 240 g/mol. The molecular formula is C12H16O3S. The fourth-order valence-corrected chi connectivity index (χ4v) is 2.48. The number of hydrogen-bond acceptors (Lipinski definition) is 3. The predicted molar refractivity (Wildman–Crippen MR) is 64.9 cm³/mol. The zero-order valence-corrected chi connectivity index (χ0v) is 10.1. The fraction of sp³-hybridized carbons (Fsp3) is 0.417. The molecule has 0 aromatic heterocycles. The molecule has 0 aliphatic carbocycles. The summed E-state index contributed by atoms with van der Waals surface area (Å²) >= 11 is 0. The minimum absolute atomic E-state index is 0.0119. The minimum atomic E-state index is -1.20. The number of aliphatic hydroxyl groups is 1. The molecule has 1 N–H and O–H groups in total. The molecule has 0 saturated carbocycles. The van der Waals surface area contributed by atoms with Gasteiger partial charge in [-0.05, 0) is 13.3 Å². The van der Waals surface area contributed by atoms with E-state index in [1.165, 1.54) is 0 Å². The molecule has 0 fully saturated rings. The first-order chi connectivity index (χ1) is 7.66. The van der Waals surface area contributed by atoms with Crippen molar-refractivity contribution >= 4 is 16.6 Å². The van der Waals surface area contributed by atoms with Gasteiger partial charge in [0.05, 0.1) is 5.25 Å². The van der Waals surface area contributed by atoms with E-state index in [-0.39, 0.29) is 12.4 Å². The van der Waals surface area contributed by atoms with Crippen LogP contribution in [0, 0.1) is 0 Å². The summed E-state index contributed by atoms with van der Waals surface area (Å²) in [7, 11) is -1.20. The van der Waals surface area contributed by atoms with Crippen molar-refractivity contribution in [2.24, 2.45) is 0 Å². The molecule has 0 aliphatic heterocycles. The monoisotopic (exact) mass is 240 g/mol. The molecule has 0 aliphatic rings. The van der Waals surface area contributed by atoms with E-state index in [2.05, 4.69) is 0 Å². The number of benzene rings is 1. The molecule has 4 heteroatoms. The normalized spacial score (nSPS) is 14.4. The summed E-state index contributed by atoms with van der Waals surface area (Å²) in [6.45, 7) is 1.68. The van der Waals surface area contributed by atoms with Crippen molar-refractivity contribution < 1.29 is 14.1 Å². The van der Waals surface area contributed by atoms with Gasteiger partial charge in [0.1, 0.15) is 0 Å². The molecule has 2 atom stereocenters. The Balaban J connectivity index is 2.64. The first-order valence-corrected chi connectivity index (χ1v) is 6.62. The maximum absolute atomic E-state index is 11.9. The Bertz CT molecular complexity index is 362. The number of carbonyl (C=O) groups is 1. The highest BCUT2D eigenvalue weighted by Gasteiger charge is 2.20. The van der Waals surface area contributed by atoms with E-state index in [1.54, 1.807) is 31.2 Å². The molecule has 88 valence electrons. The summed E-state index contributed by atoms with van der Waals surface area (Å²) in [5, 5.41) is 8.13. The molecule has 0 heterocycles. The maximum atomic E-state index is 11.9. The Morgan fingerprint density at radius 1 is 1.38 bits per heavy atom. The van der Waals surface area contributed by atoms with Crippen LogP contribution in [0.2, 0.25) is 0 Å². The highest BCUT2D eigenvalue weighted by Crippen LogP contribution is 2.08. The summed E-state index contributed by atoms with van der Waals surface area (Å²) in [4.78, 5) is 11.9. The predicted octanol–water partition coefficient (Wildman–Crippen LogP) is 1.39. The van der Waals surface area contributed by atoms with E-state index in [1.807, 2.05) is 6.07 Å². The number of Topliss-reactive ketones (excluding diaryl/α,β-unsaturated/α-hetero) is 1. The van der Waals surface area contributed by atoms with Crippen molar-refractivity contribution in [2.45, 2.75) is 18.6 Å². The molecule has 3 nitrogen and oxygen atoms in total. The largest absolute Gasteiger partial charge is 0.396 e. The molecule has 1 aromatic rings. The molecule has 0 bridgehead atoms. The second-order valence-electron chi connectivity index (χ2n) is 3.53. The molecule has 1 rings (SSSR count). The molecule has 0 spiro atoms. The Morgan fingerprint density at radius 3 is 2.56 bits per heavy atom. The van der Waals surface area contributed by atoms with Gasteiger partial charge in [0.15, 0.2) is 5.78 Å². The van der Waals surface area contributed by atoms with Crippen molar-refractivity contribution in [2.75, 3.05) is 12.4 Å². The Labute approximate surface area is 98.0 Å². The zero-order valence-electron chi connectivity index (χ0n) is 9.26. The van der Waals surface area contributed by atoms with E-state index < -0.39 is 16.0 Å². The maximum Gasteiger partial charge on any atom is 0.178 e. The summed E-state index contributed by atoms with van der Waals surface area (Å²) < 4.78 is 11.7. The fourth-order valence-electron chi connectivity index (χ4n) is 1.34. The van der Waals surface area contributed by atoms with Gasteiger partial charge in [-0.1, -0.05) is 30.3 Å². The molecule has 16 heavy (non-hydrogen) atoms. The Morgan fingerprint density at radius 2 is 2.00 bits per heavy atom. The molecule has 0 saturated heterocycles. The van der Waals surface area contributed by atoms with Gasteiger partial charge in [-0.25, -0.2) is 0 Å². The first kappa shape index (κ1) is 13.1. The number of carbonyl (C=O) groups excluding carboxylic acids is 1. The van der Waals surface area contributed by atoms with Crippen LogP contribution in [0.25, 0.3) is 0 Å². The van der Waals surface area contributed by atoms with Crippen LogP contribution in [-0.4, -0.2) is 32.7 Å². The molecular weight excluding hydrogens is 224 g/mol. The van der Waals surface area contributed by atoms with Gasteiger partial charge in [-0.15, -0.1) is 0 Å². The van der Waals surface area contributed by atoms with Crippen molar-refractivity contribution in [1.29, 1.82) is 0 Å². The zero-order chi connectivity index (χ0) is 12.0. The van der Waals surface area contributed by atoms with Crippen molar-refractivity contribution in [3.05, 3.63) is 35.9 Å². The van der Waals surface area contributed by atoms with Gasteiger partial charge >= 0.3 is 0 Å². The summed E-state index contributed by atoms with van der Waals surface area (Å²) in [6, 6.07) is 8.86. The van der Waals surface area contributed by atoms with Crippen LogP contribution >= 0.6 is 0 Å². The SMILES string of the molecule is CC(C(=O)c1ccccc1)S(=O)CCCO. The summed E-state index contributed by atoms with van der Waals surface area (Å²) in [5.74, 6) is 0.271. The number of hydrogen-bond donors (Lipinski definition) is 1. The van der Waals surface area contributed by atoms with Gasteiger partial charge in [0.25, 0.3) is 0 Å². The summed E-state index contributed by atoms with van der Waals surface area (Å²) in [6.07, 6.45) is 0.471. The van der Waals surface area contributed by atoms with Crippen LogP contribution in [0.3, 0.4) is 0 Å². The topological polar surface area (TPSA) is 54.4 Å². The van der Waals surface area contributed by atoms with Gasteiger partial charge in [-0.3, -0.25) is 9.00 Å². The molecule has 1 aromatic carbocycles. The van der Waals surface area contributed by atoms with Crippen molar-refractivity contribution in [1.82, 2.24) is 0 Å². The molecule has 2 unspecified atom stereocenters. The third kappa shape index (κ3) is 3.54. The standard InChI is InChI=1S/C12H16O3S/c1-10(16(15)9-5-8-13)12(14)11-6-3-2-4-7-11/h2-4,6-7,10,13H,5,8-9H2,1H3. The smallest absolute Gasteiger partial charge is 0.178 e. The number of aliphatic hydroxyl groups excluding tert-OH is 1. The van der Waals surface area contributed by atoms with E-state index in [9.17, 15) is 9.00 Å². The van der Waals surface area contributed by atoms with Crippen molar-refractivity contribution in [3.63, 3.8) is 0 Å². The van der Waals surface area contributed by atoms with Gasteiger partial charge < -0.3 is 5.11 Å². The second kappa shape index (κ2) is 6.55. The van der Waals surface area contributed by atoms with Gasteiger partial charge in [-0.2, -0.15) is 0 Å². The average Bonchev–Trinajstić information content (AvgIpc) is 2.35. The molecule has 0 amide bonds. The van der Waals surface area contributed by atoms with Gasteiger partial charge in [0, 0.05) is 28.7 Å². The third-order valence-corrected chi connectivity index (χ3v) is 4.02. The lowest BCUT2D eigenvalue weighted by molar-refractivity contribution is 0.0992. The number of ketones is 1. The Hall–Kier alpha value is -1.00. The second-order valence-corrected chi connectivity index (χ2v) is 5.41. The first-order valence-electron chi connectivity index (χ1n) is 5.24. The Kier molecular flexibility index (Phi) is 5.35. The van der Waals surface area contributed by atoms with E-state index in [4.69, 9.17) is 5.11 Å². The van der Waals surface area contributed by atoms with E-state index in [0.717, 1.165) is 0 Å². The third-order valence-electron chi connectivity index (χ3n) is 2.33. The lowest BCUT2D eigenvalue weighted by atomic mass is 10.1. The van der Waals surface area contributed by atoms with Crippen LogP contribution < -0.4 is 0 Å². The number of rotatable bonds is 6. The minimum Gasteiger partial charge on any atom is -0.396 e.